The van der Waals surface area contributed by atoms with Crippen molar-refractivity contribution in [1.82, 2.24) is 9.79 Å². The van der Waals surface area contributed by atoms with Gasteiger partial charge in [0.2, 0.25) is 15.9 Å². The second kappa shape index (κ2) is 11.2. The van der Waals surface area contributed by atoms with Crippen molar-refractivity contribution in [3.8, 4) is 5.75 Å². The minimum atomic E-state index is -3.78. The van der Waals surface area contributed by atoms with Gasteiger partial charge in [-0.15, -0.1) is 11.3 Å². The maximum Gasteiger partial charge on any atom is 0.244 e. The molecule has 2 N–H and O–H groups in total. The van der Waals surface area contributed by atoms with Crippen LogP contribution in [0, 0.1) is 0 Å². The van der Waals surface area contributed by atoms with Gasteiger partial charge < -0.3 is 4.74 Å². The zero-order chi connectivity index (χ0) is 20.4. The number of unbranched alkanes of at least 4 members (excludes halogenated alkanes) is 1. The molecule has 0 bridgehead atoms. The molecule has 0 spiro atoms. The van der Waals surface area contributed by atoms with Crippen LogP contribution in [0.25, 0.3) is 0 Å². The molecule has 0 saturated heterocycles. The van der Waals surface area contributed by atoms with Crippen molar-refractivity contribution in [3.63, 3.8) is 0 Å². The first-order chi connectivity index (χ1) is 13.5. The second-order valence-electron chi connectivity index (χ2n) is 6.19. The van der Waals surface area contributed by atoms with E-state index in [4.69, 9.17) is 9.94 Å². The molecule has 9 heteroatoms. The van der Waals surface area contributed by atoms with E-state index in [0.29, 0.717) is 18.8 Å². The van der Waals surface area contributed by atoms with Gasteiger partial charge in [0.25, 0.3) is 0 Å². The Morgan fingerprint density at radius 2 is 1.96 bits per heavy atom. The molecule has 0 fully saturated rings. The normalized spacial score (nSPS) is 11.5. The van der Waals surface area contributed by atoms with Gasteiger partial charge in [0, 0.05) is 24.4 Å². The van der Waals surface area contributed by atoms with Gasteiger partial charge in [0.1, 0.15) is 5.75 Å². The zero-order valence-electron chi connectivity index (χ0n) is 15.8. The summed E-state index contributed by atoms with van der Waals surface area (Å²) in [5, 5.41) is 10.6. The quantitative estimate of drug-likeness (QED) is 0.309. The molecule has 0 aliphatic carbocycles. The molecule has 1 aromatic heterocycles. The lowest BCUT2D eigenvalue weighted by molar-refractivity contribution is -0.129. The number of nitrogens with zero attached hydrogens (tertiary/aromatic N) is 1. The van der Waals surface area contributed by atoms with Crippen LogP contribution in [0.3, 0.4) is 0 Å². The molecule has 1 amide bonds. The predicted molar refractivity (Wildman–Crippen MR) is 108 cm³/mol. The Morgan fingerprint density at radius 1 is 1.21 bits per heavy atom. The number of hydrogen-bond acceptors (Lipinski definition) is 6. The van der Waals surface area contributed by atoms with E-state index < -0.39 is 15.9 Å². The topological polar surface area (TPSA) is 95.9 Å². The van der Waals surface area contributed by atoms with Gasteiger partial charge in [0.15, 0.2) is 0 Å². The first-order valence-electron chi connectivity index (χ1n) is 9.15. The van der Waals surface area contributed by atoms with Gasteiger partial charge in [-0.05, 0) is 48.6 Å². The second-order valence-corrected chi connectivity index (χ2v) is 9.16. The lowest BCUT2D eigenvalue weighted by Crippen LogP contribution is -2.36. The molecule has 0 saturated carbocycles. The Balaban J connectivity index is 2.12. The Labute approximate surface area is 170 Å². The molecule has 2 rings (SSSR count). The Bertz CT molecular complexity index is 821. The van der Waals surface area contributed by atoms with Crippen molar-refractivity contribution >= 4 is 27.3 Å². The molecule has 28 heavy (non-hydrogen) atoms. The van der Waals surface area contributed by atoms with Gasteiger partial charge in [-0.25, -0.2) is 13.9 Å². The molecular formula is C19H26N2O5S2. The van der Waals surface area contributed by atoms with Crippen molar-refractivity contribution in [3.05, 3.63) is 46.7 Å². The van der Waals surface area contributed by atoms with E-state index in [1.807, 2.05) is 17.5 Å². The SMILES string of the molecule is CCCCOc1ccc(S(=O)(=O)N(CCC(=O)NO)CCc2cccs2)cc1. The van der Waals surface area contributed by atoms with Crippen molar-refractivity contribution in [1.29, 1.82) is 0 Å². The fraction of sp³-hybridized carbons (Fsp3) is 0.421. The summed E-state index contributed by atoms with van der Waals surface area (Å²) in [5.41, 5.74) is 1.54. The number of amides is 1. The van der Waals surface area contributed by atoms with Crippen LogP contribution in [0.5, 0.6) is 5.75 Å². The molecule has 0 unspecified atom stereocenters. The number of hydrogen-bond donors (Lipinski definition) is 2. The molecule has 2 aromatic rings. The monoisotopic (exact) mass is 426 g/mol. The summed E-state index contributed by atoms with van der Waals surface area (Å²) < 4.78 is 33.0. The van der Waals surface area contributed by atoms with Crippen LogP contribution in [0.2, 0.25) is 0 Å². The molecule has 1 heterocycles. The van der Waals surface area contributed by atoms with Gasteiger partial charge in [-0.2, -0.15) is 4.31 Å². The Morgan fingerprint density at radius 3 is 2.57 bits per heavy atom. The van der Waals surface area contributed by atoms with Crippen LogP contribution in [0.1, 0.15) is 31.1 Å². The summed E-state index contributed by atoms with van der Waals surface area (Å²) in [4.78, 5) is 12.6. The highest BCUT2D eigenvalue weighted by molar-refractivity contribution is 7.89. The van der Waals surface area contributed by atoms with Crippen molar-refractivity contribution in [2.24, 2.45) is 0 Å². The average Bonchev–Trinajstić information content (AvgIpc) is 3.21. The van der Waals surface area contributed by atoms with Gasteiger partial charge in [-0.3, -0.25) is 10.0 Å². The van der Waals surface area contributed by atoms with E-state index >= 15 is 0 Å². The smallest absolute Gasteiger partial charge is 0.244 e. The summed E-state index contributed by atoms with van der Waals surface area (Å²) in [7, 11) is -3.78. The Hall–Kier alpha value is -1.94. The fourth-order valence-electron chi connectivity index (χ4n) is 2.52. The lowest BCUT2D eigenvalue weighted by Gasteiger charge is -2.22. The maximum absolute atomic E-state index is 13.1. The van der Waals surface area contributed by atoms with Crippen LogP contribution in [0.15, 0.2) is 46.7 Å². The molecule has 0 atom stereocenters. The number of thiophene rings is 1. The third-order valence-corrected chi connectivity index (χ3v) is 6.98. The van der Waals surface area contributed by atoms with Crippen LogP contribution in [-0.2, 0) is 21.2 Å². The molecule has 0 radical (unpaired) electrons. The first-order valence-corrected chi connectivity index (χ1v) is 11.5. The highest BCUT2D eigenvalue weighted by Gasteiger charge is 2.25. The summed E-state index contributed by atoms with van der Waals surface area (Å²) >= 11 is 1.55. The van der Waals surface area contributed by atoms with Crippen LogP contribution >= 0.6 is 11.3 Å². The van der Waals surface area contributed by atoms with Crippen LogP contribution in [0.4, 0.5) is 0 Å². The minimum Gasteiger partial charge on any atom is -0.494 e. The van der Waals surface area contributed by atoms with Crippen LogP contribution < -0.4 is 10.2 Å². The van der Waals surface area contributed by atoms with Crippen molar-refractivity contribution < 1.29 is 23.2 Å². The molecule has 154 valence electrons. The summed E-state index contributed by atoms with van der Waals surface area (Å²) in [6.45, 7) is 2.89. The average molecular weight is 427 g/mol. The molecule has 1 aromatic carbocycles. The van der Waals surface area contributed by atoms with Crippen molar-refractivity contribution in [2.75, 3.05) is 19.7 Å². The Kier molecular flexibility index (Phi) is 8.91. The largest absolute Gasteiger partial charge is 0.494 e. The number of carbonyl (C=O) groups is 1. The lowest BCUT2D eigenvalue weighted by atomic mass is 10.3. The third kappa shape index (κ3) is 6.59. The molecule has 0 aliphatic rings. The summed E-state index contributed by atoms with van der Waals surface area (Å²) in [6, 6.07) is 10.2. The first kappa shape index (κ1) is 22.4. The van der Waals surface area contributed by atoms with E-state index in [0.717, 1.165) is 17.7 Å². The van der Waals surface area contributed by atoms with Crippen LogP contribution in [-0.4, -0.2) is 43.5 Å². The number of sulfonamides is 1. The number of hydroxylamine groups is 1. The van der Waals surface area contributed by atoms with E-state index in [1.165, 1.54) is 21.9 Å². The molecular weight excluding hydrogens is 400 g/mol. The van der Waals surface area contributed by atoms with E-state index in [9.17, 15) is 13.2 Å². The number of nitrogens with one attached hydrogen (secondary N) is 1. The molecule has 0 aliphatic heterocycles. The minimum absolute atomic E-state index is 0.0190. The number of carbonyl (C=O) groups excluding carboxylic acids is 1. The number of ether oxygens (including phenoxy) is 1. The standard InChI is InChI=1S/C19H26N2O5S2/c1-2-3-14-26-16-6-8-18(9-7-16)28(24,25)21(13-11-19(22)20-23)12-10-17-5-4-15-27-17/h4-9,15,23H,2-3,10-14H2,1H3,(H,20,22). The number of benzene rings is 1. The fourth-order valence-corrected chi connectivity index (χ4v) is 4.65. The highest BCUT2D eigenvalue weighted by Crippen LogP contribution is 2.21. The summed E-state index contributed by atoms with van der Waals surface area (Å²) in [6.07, 6.45) is 2.38. The summed E-state index contributed by atoms with van der Waals surface area (Å²) in [5.74, 6) is -0.00631. The van der Waals surface area contributed by atoms with Crippen molar-refractivity contribution in [2.45, 2.75) is 37.5 Å². The predicted octanol–water partition coefficient (Wildman–Crippen LogP) is 3.06. The highest BCUT2D eigenvalue weighted by atomic mass is 32.2. The van der Waals surface area contributed by atoms with E-state index in [-0.39, 0.29) is 24.4 Å². The van der Waals surface area contributed by atoms with Gasteiger partial charge in [0.05, 0.1) is 11.5 Å². The zero-order valence-corrected chi connectivity index (χ0v) is 17.5. The van der Waals surface area contributed by atoms with E-state index in [1.54, 1.807) is 23.5 Å². The number of rotatable bonds is 12. The van der Waals surface area contributed by atoms with Gasteiger partial charge >= 0.3 is 0 Å². The van der Waals surface area contributed by atoms with Gasteiger partial charge in [-0.1, -0.05) is 19.4 Å². The van der Waals surface area contributed by atoms with E-state index in [2.05, 4.69) is 6.92 Å². The molecule has 7 nitrogen and oxygen atoms in total. The third-order valence-electron chi connectivity index (χ3n) is 4.13. The maximum atomic E-state index is 13.1.